The van der Waals surface area contributed by atoms with Gasteiger partial charge < -0.3 is 5.43 Å². The van der Waals surface area contributed by atoms with E-state index >= 15 is 0 Å². The summed E-state index contributed by atoms with van der Waals surface area (Å²) in [5, 5.41) is 10.9. The van der Waals surface area contributed by atoms with Crippen LogP contribution in [0.2, 0.25) is 0 Å². The monoisotopic (exact) mass is 291 g/mol. The largest absolute Gasteiger partial charge is 0.324 e. The van der Waals surface area contributed by atoms with Crippen LogP contribution >= 0.6 is 0 Å². The number of rotatable bonds is 4. The molecule has 7 nitrogen and oxygen atoms in total. The average Bonchev–Trinajstić information content (AvgIpc) is 2.94. The highest BCUT2D eigenvalue weighted by Crippen LogP contribution is 2.26. The van der Waals surface area contributed by atoms with Gasteiger partial charge in [0.25, 0.3) is 5.69 Å². The van der Waals surface area contributed by atoms with Gasteiger partial charge in [-0.2, -0.15) is 0 Å². The molecule has 7 heteroatoms. The number of anilines is 1. The molecular formula is C14H21N5O2. The maximum atomic E-state index is 10.9. The minimum atomic E-state index is -0.362. The quantitative estimate of drug-likeness (QED) is 0.492. The van der Waals surface area contributed by atoms with Crippen molar-refractivity contribution in [2.24, 2.45) is 5.84 Å². The van der Waals surface area contributed by atoms with Gasteiger partial charge in [-0.3, -0.25) is 25.8 Å². The first-order valence-corrected chi connectivity index (χ1v) is 7.37. The van der Waals surface area contributed by atoms with E-state index in [1.807, 2.05) is 0 Å². The Hall–Kier alpha value is -1.70. The number of benzene rings is 1. The second-order valence-electron chi connectivity index (χ2n) is 5.81. The van der Waals surface area contributed by atoms with Crippen molar-refractivity contribution in [1.29, 1.82) is 0 Å². The van der Waals surface area contributed by atoms with Gasteiger partial charge in [-0.05, 0) is 31.0 Å². The summed E-state index contributed by atoms with van der Waals surface area (Å²) in [5.74, 6) is 5.52. The molecule has 0 aromatic heterocycles. The Balaban J connectivity index is 1.74. The minimum absolute atomic E-state index is 0.114. The molecule has 2 heterocycles. The van der Waals surface area contributed by atoms with Crippen LogP contribution < -0.4 is 11.3 Å². The van der Waals surface area contributed by atoms with Gasteiger partial charge in [0.1, 0.15) is 0 Å². The number of nitro benzene ring substituents is 1. The van der Waals surface area contributed by atoms with Crippen molar-refractivity contribution in [3.63, 3.8) is 0 Å². The second-order valence-corrected chi connectivity index (χ2v) is 5.81. The number of fused-ring (bicyclic) bond motifs is 1. The number of nitro groups is 1. The minimum Gasteiger partial charge on any atom is -0.324 e. The number of nitrogens with zero attached hydrogens (tertiary/aromatic N) is 3. The molecule has 0 amide bonds. The van der Waals surface area contributed by atoms with Crippen LogP contribution in [-0.4, -0.2) is 46.9 Å². The summed E-state index contributed by atoms with van der Waals surface area (Å²) < 4.78 is 0. The smallest absolute Gasteiger partial charge is 0.269 e. The molecule has 2 saturated heterocycles. The Morgan fingerprint density at radius 1 is 1.38 bits per heavy atom. The van der Waals surface area contributed by atoms with Crippen LogP contribution in [0.5, 0.6) is 0 Å². The van der Waals surface area contributed by atoms with Crippen molar-refractivity contribution in [3.8, 4) is 0 Å². The number of hydrogen-bond acceptors (Lipinski definition) is 6. The number of piperazine rings is 1. The van der Waals surface area contributed by atoms with Gasteiger partial charge in [0, 0.05) is 44.4 Å². The lowest BCUT2D eigenvalue weighted by atomic mass is 10.1. The fourth-order valence-electron chi connectivity index (χ4n) is 3.41. The molecule has 0 saturated carbocycles. The number of non-ortho nitro benzene ring substituents is 1. The zero-order valence-corrected chi connectivity index (χ0v) is 12.0. The van der Waals surface area contributed by atoms with Gasteiger partial charge in [-0.25, -0.2) is 0 Å². The van der Waals surface area contributed by atoms with Gasteiger partial charge in [0.2, 0.25) is 0 Å². The number of nitrogens with one attached hydrogen (secondary N) is 1. The van der Waals surface area contributed by atoms with Crippen LogP contribution in [-0.2, 0) is 6.54 Å². The molecule has 2 aliphatic heterocycles. The van der Waals surface area contributed by atoms with Crippen LogP contribution in [0.3, 0.4) is 0 Å². The van der Waals surface area contributed by atoms with Crippen LogP contribution in [0.15, 0.2) is 18.2 Å². The van der Waals surface area contributed by atoms with Gasteiger partial charge in [0.15, 0.2) is 0 Å². The molecule has 3 N–H and O–H groups in total. The van der Waals surface area contributed by atoms with Crippen LogP contribution in [0.1, 0.15) is 18.4 Å². The number of hydrazine groups is 1. The summed E-state index contributed by atoms with van der Waals surface area (Å²) in [6.45, 7) is 5.04. The Bertz CT molecular complexity index is 536. The van der Waals surface area contributed by atoms with Crippen molar-refractivity contribution >= 4 is 11.4 Å². The molecule has 114 valence electrons. The highest BCUT2D eigenvalue weighted by Gasteiger charge is 2.30. The van der Waals surface area contributed by atoms with Gasteiger partial charge >= 0.3 is 0 Å². The Kier molecular flexibility index (Phi) is 4.05. The van der Waals surface area contributed by atoms with Crippen LogP contribution in [0.25, 0.3) is 0 Å². The van der Waals surface area contributed by atoms with Crippen molar-refractivity contribution < 1.29 is 4.92 Å². The van der Waals surface area contributed by atoms with Gasteiger partial charge in [0.05, 0.1) is 10.6 Å². The predicted octanol–water partition coefficient (Wildman–Crippen LogP) is 1.16. The molecule has 1 aromatic carbocycles. The summed E-state index contributed by atoms with van der Waals surface area (Å²) >= 11 is 0. The first-order chi connectivity index (χ1) is 10.2. The maximum Gasteiger partial charge on any atom is 0.269 e. The summed E-state index contributed by atoms with van der Waals surface area (Å²) in [6.07, 6.45) is 2.54. The Morgan fingerprint density at radius 2 is 2.24 bits per heavy atom. The summed E-state index contributed by atoms with van der Waals surface area (Å²) in [5.41, 5.74) is 4.40. The van der Waals surface area contributed by atoms with E-state index in [-0.39, 0.29) is 10.6 Å². The van der Waals surface area contributed by atoms with E-state index in [1.165, 1.54) is 25.5 Å². The van der Waals surface area contributed by atoms with E-state index in [1.54, 1.807) is 12.1 Å². The average molecular weight is 291 g/mol. The lowest BCUT2D eigenvalue weighted by molar-refractivity contribution is -0.384. The summed E-state index contributed by atoms with van der Waals surface area (Å²) in [4.78, 5) is 15.5. The molecule has 0 aliphatic carbocycles. The molecule has 21 heavy (non-hydrogen) atoms. The first kappa shape index (κ1) is 14.2. The van der Waals surface area contributed by atoms with Crippen molar-refractivity contribution in [1.82, 2.24) is 9.80 Å². The fourth-order valence-corrected chi connectivity index (χ4v) is 3.41. The van der Waals surface area contributed by atoms with E-state index in [0.29, 0.717) is 12.6 Å². The predicted molar refractivity (Wildman–Crippen MR) is 80.8 cm³/mol. The Labute approximate surface area is 123 Å². The number of nitrogens with two attached hydrogens (primary N) is 1. The highest BCUT2D eigenvalue weighted by atomic mass is 16.6. The summed E-state index contributed by atoms with van der Waals surface area (Å²) in [7, 11) is 0. The molecule has 1 unspecified atom stereocenters. The SMILES string of the molecule is NNc1ccc([N+](=O)[O-])cc1CN1CCN2CCCC2C1. The third-order valence-electron chi connectivity index (χ3n) is 4.52. The number of nitrogen functional groups attached to an aromatic ring is 1. The molecule has 3 rings (SSSR count). The summed E-state index contributed by atoms with van der Waals surface area (Å²) in [6, 6.07) is 5.43. The highest BCUT2D eigenvalue weighted by molar-refractivity contribution is 5.55. The lowest BCUT2D eigenvalue weighted by Crippen LogP contribution is -2.49. The second kappa shape index (κ2) is 5.97. The maximum absolute atomic E-state index is 10.9. The fraction of sp³-hybridized carbons (Fsp3) is 0.571. The van der Waals surface area contributed by atoms with Crippen molar-refractivity contribution in [3.05, 3.63) is 33.9 Å². The van der Waals surface area contributed by atoms with E-state index in [2.05, 4.69) is 15.2 Å². The molecule has 0 radical (unpaired) electrons. The van der Waals surface area contributed by atoms with E-state index in [9.17, 15) is 10.1 Å². The van der Waals surface area contributed by atoms with Crippen molar-refractivity contribution in [2.45, 2.75) is 25.4 Å². The van der Waals surface area contributed by atoms with E-state index < -0.39 is 0 Å². The Morgan fingerprint density at radius 3 is 3.00 bits per heavy atom. The normalized spacial score (nSPS) is 23.0. The van der Waals surface area contributed by atoms with Gasteiger partial charge in [-0.1, -0.05) is 0 Å². The third-order valence-corrected chi connectivity index (χ3v) is 4.52. The number of hydrogen-bond donors (Lipinski definition) is 2. The molecule has 2 aliphatic rings. The van der Waals surface area contributed by atoms with Crippen molar-refractivity contribution in [2.75, 3.05) is 31.6 Å². The topological polar surface area (TPSA) is 87.7 Å². The molecule has 1 aromatic rings. The first-order valence-electron chi connectivity index (χ1n) is 7.37. The zero-order chi connectivity index (χ0) is 14.8. The van der Waals surface area contributed by atoms with Crippen LogP contribution in [0.4, 0.5) is 11.4 Å². The molecule has 0 bridgehead atoms. The molecule has 2 fully saturated rings. The molecule has 0 spiro atoms. The molecular weight excluding hydrogens is 270 g/mol. The third kappa shape index (κ3) is 2.99. The van der Waals surface area contributed by atoms with E-state index in [4.69, 9.17) is 5.84 Å². The zero-order valence-electron chi connectivity index (χ0n) is 12.0. The van der Waals surface area contributed by atoms with E-state index in [0.717, 1.165) is 30.9 Å². The standard InChI is InChI=1S/C14H21N5O2/c15-16-14-4-3-12(19(20)21)8-11(14)9-17-6-7-18-5-1-2-13(18)10-17/h3-4,8,13,16H,1-2,5-7,9-10,15H2. The lowest BCUT2D eigenvalue weighted by Gasteiger charge is -2.37. The van der Waals surface area contributed by atoms with Gasteiger partial charge in [-0.15, -0.1) is 0 Å². The molecule has 1 atom stereocenters. The van der Waals surface area contributed by atoms with Crippen LogP contribution in [0, 0.1) is 10.1 Å².